The van der Waals surface area contributed by atoms with Crippen molar-refractivity contribution in [1.29, 1.82) is 0 Å². The SMILES string of the molecule is CCOC(=O)[C@@H]1C(=O)NC(N2CCc3ccccc3C2)=N[C@@H]1c1ccc(C(C)C)cc1. The van der Waals surface area contributed by atoms with Crippen LogP contribution in [-0.4, -0.2) is 35.9 Å². The average Bonchev–Trinajstić information content (AvgIpc) is 2.78. The van der Waals surface area contributed by atoms with E-state index in [1.807, 2.05) is 30.3 Å². The van der Waals surface area contributed by atoms with Crippen LogP contribution in [0.1, 0.15) is 55.0 Å². The van der Waals surface area contributed by atoms with Gasteiger partial charge < -0.3 is 9.64 Å². The minimum absolute atomic E-state index is 0.223. The summed E-state index contributed by atoms with van der Waals surface area (Å²) in [4.78, 5) is 32.6. The summed E-state index contributed by atoms with van der Waals surface area (Å²) >= 11 is 0. The maximum atomic E-state index is 13.0. The van der Waals surface area contributed by atoms with E-state index in [-0.39, 0.29) is 12.5 Å². The first kappa shape index (κ1) is 21.1. The molecule has 0 radical (unpaired) electrons. The van der Waals surface area contributed by atoms with Crippen molar-refractivity contribution in [3.8, 4) is 0 Å². The summed E-state index contributed by atoms with van der Waals surface area (Å²) in [6, 6.07) is 15.7. The molecule has 2 aliphatic heterocycles. The van der Waals surface area contributed by atoms with Crippen LogP contribution in [0.4, 0.5) is 0 Å². The number of ether oxygens (including phenoxy) is 1. The quantitative estimate of drug-likeness (QED) is 0.608. The standard InChI is InChI=1S/C25H29N3O3/c1-4-31-24(30)21-22(19-11-9-17(10-12-19)16(2)3)26-25(27-23(21)29)28-14-13-18-7-5-6-8-20(18)15-28/h5-12,16,21-22H,4,13-15H2,1-3H3,(H,26,27,29)/t21-,22+/m0/s1. The first-order valence-electron chi connectivity index (χ1n) is 10.9. The lowest BCUT2D eigenvalue weighted by Crippen LogP contribution is -2.53. The molecule has 0 unspecified atom stereocenters. The van der Waals surface area contributed by atoms with Crippen molar-refractivity contribution < 1.29 is 14.3 Å². The molecule has 2 atom stereocenters. The molecule has 0 saturated carbocycles. The van der Waals surface area contributed by atoms with Crippen LogP contribution in [0, 0.1) is 5.92 Å². The Morgan fingerprint density at radius 3 is 2.55 bits per heavy atom. The highest BCUT2D eigenvalue weighted by molar-refractivity contribution is 6.08. The van der Waals surface area contributed by atoms with E-state index < -0.39 is 17.9 Å². The molecule has 6 heteroatoms. The van der Waals surface area contributed by atoms with E-state index in [0.29, 0.717) is 18.4 Å². The molecule has 2 heterocycles. The number of benzene rings is 2. The largest absolute Gasteiger partial charge is 0.465 e. The van der Waals surface area contributed by atoms with Gasteiger partial charge in [-0.1, -0.05) is 62.4 Å². The summed E-state index contributed by atoms with van der Waals surface area (Å²) in [7, 11) is 0. The molecule has 4 rings (SSSR count). The van der Waals surface area contributed by atoms with Gasteiger partial charge in [0.15, 0.2) is 5.92 Å². The van der Waals surface area contributed by atoms with Gasteiger partial charge in [-0.2, -0.15) is 0 Å². The highest BCUT2D eigenvalue weighted by atomic mass is 16.5. The van der Waals surface area contributed by atoms with Gasteiger partial charge in [-0.3, -0.25) is 14.9 Å². The molecule has 6 nitrogen and oxygen atoms in total. The normalized spacial score (nSPS) is 20.7. The number of hydrogen-bond donors (Lipinski definition) is 1. The molecule has 1 amide bonds. The van der Waals surface area contributed by atoms with E-state index in [9.17, 15) is 9.59 Å². The molecule has 0 bridgehead atoms. The molecule has 2 aliphatic rings. The number of amides is 1. The zero-order chi connectivity index (χ0) is 22.0. The maximum absolute atomic E-state index is 13.0. The second-order valence-corrected chi connectivity index (χ2v) is 8.38. The fourth-order valence-electron chi connectivity index (χ4n) is 4.22. The molecule has 2 aromatic carbocycles. The average molecular weight is 420 g/mol. The Morgan fingerprint density at radius 1 is 1.16 bits per heavy atom. The van der Waals surface area contributed by atoms with Crippen molar-refractivity contribution in [3.05, 3.63) is 70.8 Å². The van der Waals surface area contributed by atoms with Gasteiger partial charge >= 0.3 is 5.97 Å². The van der Waals surface area contributed by atoms with Crippen molar-refractivity contribution in [1.82, 2.24) is 10.2 Å². The van der Waals surface area contributed by atoms with Gasteiger partial charge in [0.2, 0.25) is 11.9 Å². The lowest BCUT2D eigenvalue weighted by atomic mass is 9.90. The first-order chi connectivity index (χ1) is 15.0. The number of nitrogens with zero attached hydrogens (tertiary/aromatic N) is 2. The van der Waals surface area contributed by atoms with E-state index >= 15 is 0 Å². The molecule has 0 aliphatic carbocycles. The zero-order valence-corrected chi connectivity index (χ0v) is 18.3. The number of esters is 1. The number of hydrogen-bond acceptors (Lipinski definition) is 5. The molecular weight excluding hydrogens is 390 g/mol. The number of nitrogens with one attached hydrogen (secondary N) is 1. The summed E-state index contributed by atoms with van der Waals surface area (Å²) in [5.41, 5.74) is 4.60. The minimum atomic E-state index is -0.995. The molecular formula is C25H29N3O3. The molecule has 162 valence electrons. The Morgan fingerprint density at radius 2 is 1.87 bits per heavy atom. The highest BCUT2D eigenvalue weighted by Crippen LogP contribution is 2.32. The van der Waals surface area contributed by atoms with Crippen LogP contribution in [0.2, 0.25) is 0 Å². The Kier molecular flexibility index (Phi) is 6.07. The van der Waals surface area contributed by atoms with Gasteiger partial charge in [0, 0.05) is 13.1 Å². The van der Waals surface area contributed by atoms with Gasteiger partial charge in [-0.15, -0.1) is 0 Å². The van der Waals surface area contributed by atoms with E-state index in [1.165, 1.54) is 16.7 Å². The Hall–Kier alpha value is -3.15. The molecule has 1 N–H and O–H groups in total. The summed E-state index contributed by atoms with van der Waals surface area (Å²) < 4.78 is 5.21. The van der Waals surface area contributed by atoms with Gasteiger partial charge in [0.05, 0.1) is 6.61 Å². The number of aliphatic imine (C=N–C) groups is 1. The second-order valence-electron chi connectivity index (χ2n) is 8.38. The third-order valence-corrected chi connectivity index (χ3v) is 6.01. The van der Waals surface area contributed by atoms with Crippen molar-refractivity contribution in [2.45, 2.75) is 45.7 Å². The predicted octanol–water partition coefficient (Wildman–Crippen LogP) is 3.57. The maximum Gasteiger partial charge on any atom is 0.321 e. The van der Waals surface area contributed by atoms with Crippen LogP contribution in [0.3, 0.4) is 0 Å². The topological polar surface area (TPSA) is 71.0 Å². The molecule has 0 saturated heterocycles. The van der Waals surface area contributed by atoms with Crippen molar-refractivity contribution in [2.24, 2.45) is 10.9 Å². The third-order valence-electron chi connectivity index (χ3n) is 6.01. The molecule has 31 heavy (non-hydrogen) atoms. The highest BCUT2D eigenvalue weighted by Gasteiger charge is 2.42. The Balaban J connectivity index is 1.68. The summed E-state index contributed by atoms with van der Waals surface area (Å²) in [5, 5.41) is 2.87. The first-order valence-corrected chi connectivity index (χ1v) is 10.9. The zero-order valence-electron chi connectivity index (χ0n) is 18.3. The number of fused-ring (bicyclic) bond motifs is 1. The molecule has 0 fully saturated rings. The lowest BCUT2D eigenvalue weighted by Gasteiger charge is -2.36. The Labute approximate surface area is 183 Å². The summed E-state index contributed by atoms with van der Waals surface area (Å²) in [6.45, 7) is 7.67. The van der Waals surface area contributed by atoms with Crippen LogP contribution < -0.4 is 5.32 Å². The van der Waals surface area contributed by atoms with E-state index in [2.05, 4.69) is 42.3 Å². The second kappa shape index (κ2) is 8.92. The van der Waals surface area contributed by atoms with Gasteiger partial charge in [0.1, 0.15) is 6.04 Å². The van der Waals surface area contributed by atoms with E-state index in [4.69, 9.17) is 9.73 Å². The molecule has 2 aromatic rings. The Bertz CT molecular complexity index is 997. The smallest absolute Gasteiger partial charge is 0.321 e. The van der Waals surface area contributed by atoms with E-state index in [0.717, 1.165) is 18.5 Å². The third kappa shape index (κ3) is 4.33. The predicted molar refractivity (Wildman–Crippen MR) is 120 cm³/mol. The minimum Gasteiger partial charge on any atom is -0.465 e. The van der Waals surface area contributed by atoms with Crippen LogP contribution >= 0.6 is 0 Å². The van der Waals surface area contributed by atoms with Gasteiger partial charge in [0.25, 0.3) is 0 Å². The van der Waals surface area contributed by atoms with Crippen LogP contribution in [-0.2, 0) is 27.3 Å². The summed E-state index contributed by atoms with van der Waals surface area (Å²) in [6.07, 6.45) is 0.889. The lowest BCUT2D eigenvalue weighted by molar-refractivity contribution is -0.153. The van der Waals surface area contributed by atoms with Crippen LogP contribution in [0.25, 0.3) is 0 Å². The number of carbonyl (C=O) groups is 2. The monoisotopic (exact) mass is 419 g/mol. The van der Waals surface area contributed by atoms with Crippen molar-refractivity contribution in [2.75, 3.05) is 13.2 Å². The fourth-order valence-corrected chi connectivity index (χ4v) is 4.22. The number of carbonyl (C=O) groups excluding carboxylic acids is 2. The summed E-state index contributed by atoms with van der Waals surface area (Å²) in [5.74, 6) is -0.967. The number of rotatable bonds is 4. The number of guanidine groups is 1. The van der Waals surface area contributed by atoms with Gasteiger partial charge in [-0.25, -0.2) is 4.99 Å². The van der Waals surface area contributed by atoms with Crippen LogP contribution in [0.15, 0.2) is 53.5 Å². The van der Waals surface area contributed by atoms with E-state index in [1.54, 1.807) is 6.92 Å². The fraction of sp³-hybridized carbons (Fsp3) is 0.400. The molecule has 0 spiro atoms. The molecule has 0 aromatic heterocycles. The van der Waals surface area contributed by atoms with Crippen molar-refractivity contribution >= 4 is 17.8 Å². The van der Waals surface area contributed by atoms with Crippen molar-refractivity contribution in [3.63, 3.8) is 0 Å². The van der Waals surface area contributed by atoms with Crippen LogP contribution in [0.5, 0.6) is 0 Å². The van der Waals surface area contributed by atoms with Gasteiger partial charge in [-0.05, 0) is 41.5 Å².